The molecule has 7 heteroatoms. The number of fused-ring (bicyclic) bond motifs is 1. The Labute approximate surface area is 108 Å². The first-order valence-corrected chi connectivity index (χ1v) is 5.80. The van der Waals surface area contributed by atoms with E-state index < -0.39 is 0 Å². The van der Waals surface area contributed by atoms with E-state index in [0.29, 0.717) is 5.75 Å². The second-order valence-corrected chi connectivity index (χ2v) is 4.14. The molecule has 1 aromatic heterocycles. The van der Waals surface area contributed by atoms with Gasteiger partial charge >= 0.3 is 0 Å². The summed E-state index contributed by atoms with van der Waals surface area (Å²) in [5, 5.41) is 8.98. The van der Waals surface area contributed by atoms with E-state index in [4.69, 9.17) is 9.47 Å². The molecule has 1 amide bonds. The van der Waals surface area contributed by atoms with Gasteiger partial charge in [0, 0.05) is 0 Å². The highest BCUT2D eigenvalue weighted by atomic mass is 16.7. The lowest BCUT2D eigenvalue weighted by Gasteiger charge is -2.13. The highest BCUT2D eigenvalue weighted by Gasteiger charge is 2.18. The number of aromatic nitrogens is 3. The molecular weight excluding hydrogens is 248 g/mol. The van der Waals surface area contributed by atoms with E-state index in [1.165, 1.54) is 6.33 Å². The molecule has 0 bridgehead atoms. The molecule has 2 aromatic rings. The average molecular weight is 260 g/mol. The molecule has 0 spiro atoms. The lowest BCUT2D eigenvalue weighted by Crippen LogP contribution is -2.27. The van der Waals surface area contributed by atoms with Gasteiger partial charge in [-0.2, -0.15) is 5.10 Å². The van der Waals surface area contributed by atoms with Gasteiger partial charge in [0.1, 0.15) is 6.33 Å². The predicted molar refractivity (Wildman–Crippen MR) is 64.8 cm³/mol. The number of aromatic amines is 1. The smallest absolute Gasteiger partial charge is 0.289 e. The van der Waals surface area contributed by atoms with E-state index in [2.05, 4.69) is 20.5 Å². The van der Waals surface area contributed by atoms with Crippen LogP contribution in [0.5, 0.6) is 11.5 Å². The van der Waals surface area contributed by atoms with Crippen molar-refractivity contribution in [1.29, 1.82) is 0 Å². The van der Waals surface area contributed by atoms with Crippen LogP contribution in [-0.2, 0) is 0 Å². The zero-order valence-electron chi connectivity index (χ0n) is 10.2. The summed E-state index contributed by atoms with van der Waals surface area (Å²) in [5.74, 6) is 1.30. The van der Waals surface area contributed by atoms with E-state index in [-0.39, 0.29) is 24.6 Å². The van der Waals surface area contributed by atoms with Crippen molar-refractivity contribution in [3.05, 3.63) is 35.9 Å². The molecular formula is C12H12N4O3. The maximum absolute atomic E-state index is 11.8. The van der Waals surface area contributed by atoms with Crippen molar-refractivity contribution in [2.75, 3.05) is 6.79 Å². The topological polar surface area (TPSA) is 89.1 Å². The van der Waals surface area contributed by atoms with Gasteiger partial charge in [-0.3, -0.25) is 9.89 Å². The summed E-state index contributed by atoms with van der Waals surface area (Å²) in [6.45, 7) is 2.11. The van der Waals surface area contributed by atoms with Gasteiger partial charge in [-0.15, -0.1) is 0 Å². The van der Waals surface area contributed by atoms with Gasteiger partial charge in [0.25, 0.3) is 5.91 Å². The van der Waals surface area contributed by atoms with E-state index >= 15 is 0 Å². The average Bonchev–Trinajstić information content (AvgIpc) is 3.09. The Hall–Kier alpha value is -2.57. The predicted octanol–water partition coefficient (Wildman–Crippen LogP) is 1.02. The summed E-state index contributed by atoms with van der Waals surface area (Å²) in [6.07, 6.45) is 1.29. The van der Waals surface area contributed by atoms with Gasteiger partial charge < -0.3 is 14.8 Å². The largest absolute Gasteiger partial charge is 0.454 e. The van der Waals surface area contributed by atoms with Crippen molar-refractivity contribution in [1.82, 2.24) is 20.5 Å². The number of carbonyl (C=O) groups excluding carboxylic acids is 1. The third-order valence-electron chi connectivity index (χ3n) is 2.87. The fourth-order valence-corrected chi connectivity index (χ4v) is 1.85. The van der Waals surface area contributed by atoms with Crippen LogP contribution in [0.15, 0.2) is 24.5 Å². The zero-order valence-corrected chi connectivity index (χ0v) is 10.2. The minimum absolute atomic E-state index is 0.174. The summed E-state index contributed by atoms with van der Waals surface area (Å²) in [6, 6.07) is 5.40. The molecule has 0 fully saturated rings. The van der Waals surface area contributed by atoms with Crippen LogP contribution in [0.2, 0.25) is 0 Å². The summed E-state index contributed by atoms with van der Waals surface area (Å²) in [4.78, 5) is 15.6. The number of benzene rings is 1. The van der Waals surface area contributed by atoms with Gasteiger partial charge in [-0.1, -0.05) is 6.07 Å². The van der Waals surface area contributed by atoms with Crippen LogP contribution in [0.4, 0.5) is 0 Å². The second kappa shape index (κ2) is 4.60. The van der Waals surface area contributed by atoms with Gasteiger partial charge in [-0.05, 0) is 24.6 Å². The van der Waals surface area contributed by atoms with Crippen molar-refractivity contribution in [3.63, 3.8) is 0 Å². The van der Waals surface area contributed by atoms with Crippen LogP contribution >= 0.6 is 0 Å². The molecule has 1 aliphatic heterocycles. The summed E-state index contributed by atoms with van der Waals surface area (Å²) >= 11 is 0. The quantitative estimate of drug-likeness (QED) is 0.860. The molecule has 2 N–H and O–H groups in total. The third kappa shape index (κ3) is 2.22. The molecule has 3 rings (SSSR count). The Morgan fingerprint density at radius 3 is 3.05 bits per heavy atom. The Balaban J connectivity index is 1.73. The Morgan fingerprint density at radius 1 is 1.42 bits per heavy atom. The standard InChI is InChI=1S/C12H12N4O3/c1-7(15-12(17)11-13-5-14-16-11)8-2-3-9-10(4-8)19-6-18-9/h2-5,7H,6H2,1H3,(H,15,17)(H,13,14,16). The van der Waals surface area contributed by atoms with Crippen molar-refractivity contribution < 1.29 is 14.3 Å². The Morgan fingerprint density at radius 2 is 2.26 bits per heavy atom. The van der Waals surface area contributed by atoms with Gasteiger partial charge in [0.2, 0.25) is 12.6 Å². The van der Waals surface area contributed by atoms with Gasteiger partial charge in [0.05, 0.1) is 6.04 Å². The number of nitrogens with zero attached hydrogens (tertiary/aromatic N) is 2. The monoisotopic (exact) mass is 260 g/mol. The van der Waals surface area contributed by atoms with Crippen LogP contribution < -0.4 is 14.8 Å². The molecule has 0 saturated carbocycles. The maximum Gasteiger partial charge on any atom is 0.289 e. The molecule has 0 saturated heterocycles. The minimum Gasteiger partial charge on any atom is -0.454 e. The van der Waals surface area contributed by atoms with E-state index in [0.717, 1.165) is 11.3 Å². The fourth-order valence-electron chi connectivity index (χ4n) is 1.85. The number of amides is 1. The zero-order chi connectivity index (χ0) is 13.2. The van der Waals surface area contributed by atoms with Crippen LogP contribution in [0, 0.1) is 0 Å². The van der Waals surface area contributed by atoms with Crippen LogP contribution in [0.25, 0.3) is 0 Å². The van der Waals surface area contributed by atoms with Crippen molar-refractivity contribution in [3.8, 4) is 11.5 Å². The van der Waals surface area contributed by atoms with Gasteiger partial charge in [0.15, 0.2) is 11.5 Å². The molecule has 19 heavy (non-hydrogen) atoms. The first kappa shape index (κ1) is 11.5. The first-order valence-electron chi connectivity index (χ1n) is 5.80. The number of H-pyrrole nitrogens is 1. The van der Waals surface area contributed by atoms with Crippen LogP contribution in [-0.4, -0.2) is 27.9 Å². The van der Waals surface area contributed by atoms with E-state index in [1.54, 1.807) is 0 Å². The highest BCUT2D eigenvalue weighted by Crippen LogP contribution is 2.34. The SMILES string of the molecule is CC(NC(=O)c1ncn[nH]1)c1ccc2c(c1)OCO2. The summed E-state index contributed by atoms with van der Waals surface area (Å²) < 4.78 is 10.5. The molecule has 2 heterocycles. The number of nitrogens with one attached hydrogen (secondary N) is 2. The Kier molecular flexibility index (Phi) is 2.79. The molecule has 1 aromatic carbocycles. The highest BCUT2D eigenvalue weighted by molar-refractivity contribution is 5.90. The molecule has 1 unspecified atom stereocenters. The molecule has 1 aliphatic rings. The molecule has 0 radical (unpaired) electrons. The van der Waals surface area contributed by atoms with E-state index in [1.807, 2.05) is 25.1 Å². The lowest BCUT2D eigenvalue weighted by atomic mass is 10.1. The third-order valence-corrected chi connectivity index (χ3v) is 2.87. The Bertz CT molecular complexity index is 597. The van der Waals surface area contributed by atoms with Crippen LogP contribution in [0.1, 0.15) is 29.1 Å². The van der Waals surface area contributed by atoms with Crippen molar-refractivity contribution >= 4 is 5.91 Å². The van der Waals surface area contributed by atoms with Crippen molar-refractivity contribution in [2.24, 2.45) is 0 Å². The maximum atomic E-state index is 11.8. The molecule has 1 atom stereocenters. The first-order chi connectivity index (χ1) is 9.24. The van der Waals surface area contributed by atoms with Gasteiger partial charge in [-0.25, -0.2) is 4.98 Å². The number of carbonyl (C=O) groups is 1. The summed E-state index contributed by atoms with van der Waals surface area (Å²) in [5.41, 5.74) is 0.928. The number of hydrogen-bond donors (Lipinski definition) is 2. The number of hydrogen-bond acceptors (Lipinski definition) is 5. The van der Waals surface area contributed by atoms with Crippen LogP contribution in [0.3, 0.4) is 0 Å². The second-order valence-electron chi connectivity index (χ2n) is 4.14. The fraction of sp³-hybridized carbons (Fsp3) is 0.250. The molecule has 98 valence electrons. The van der Waals surface area contributed by atoms with Crippen molar-refractivity contribution in [2.45, 2.75) is 13.0 Å². The normalized spacial score (nSPS) is 14.2. The lowest BCUT2D eigenvalue weighted by molar-refractivity contribution is 0.0929. The molecule has 0 aliphatic carbocycles. The van der Waals surface area contributed by atoms with E-state index in [9.17, 15) is 4.79 Å². The summed E-state index contributed by atoms with van der Waals surface area (Å²) in [7, 11) is 0. The molecule has 7 nitrogen and oxygen atoms in total. The minimum atomic E-state index is -0.303. The number of rotatable bonds is 3. The number of ether oxygens (including phenoxy) is 2.